The van der Waals surface area contributed by atoms with Crippen LogP contribution in [0, 0.1) is 0 Å². The molecule has 152 valence electrons. The highest BCUT2D eigenvalue weighted by molar-refractivity contribution is 5.94. The van der Waals surface area contributed by atoms with Crippen molar-refractivity contribution in [2.75, 3.05) is 27.2 Å². The first kappa shape index (κ1) is 21.7. The van der Waals surface area contributed by atoms with Crippen LogP contribution in [0.5, 0.6) is 0 Å². The molecule has 0 aromatic heterocycles. The summed E-state index contributed by atoms with van der Waals surface area (Å²) in [7, 11) is 4.13. The highest BCUT2D eigenvalue weighted by Crippen LogP contribution is 2.30. The van der Waals surface area contributed by atoms with E-state index in [-0.39, 0.29) is 18.1 Å². The monoisotopic (exact) mass is 386 g/mol. The first-order valence-electron chi connectivity index (χ1n) is 9.41. The first-order chi connectivity index (χ1) is 12.7. The number of hydrogen-bond acceptors (Lipinski definition) is 3. The molecule has 0 saturated heterocycles. The van der Waals surface area contributed by atoms with Gasteiger partial charge in [-0.15, -0.1) is 0 Å². The molecule has 0 heterocycles. The van der Waals surface area contributed by atoms with Gasteiger partial charge in [0, 0.05) is 17.6 Å². The Morgan fingerprint density at radius 1 is 1.11 bits per heavy atom. The van der Waals surface area contributed by atoms with Crippen molar-refractivity contribution in [3.8, 4) is 0 Å². The molecular weight excluding hydrogens is 357 g/mol. The fraction of sp³-hybridized carbons (Fsp3) is 0.650. The normalized spacial score (nSPS) is 17.6. The van der Waals surface area contributed by atoms with E-state index in [1.807, 2.05) is 0 Å². The number of carbonyl (C=O) groups is 1. The molecule has 0 aliphatic heterocycles. The summed E-state index contributed by atoms with van der Waals surface area (Å²) in [6.45, 7) is -0.817. The number of nitrogens with one attached hydrogen (secondary N) is 1. The molecule has 1 aromatic rings. The highest BCUT2D eigenvalue weighted by atomic mass is 19.4. The topological polar surface area (TPSA) is 41.6 Å². The Balaban J connectivity index is 1.89. The summed E-state index contributed by atoms with van der Waals surface area (Å²) in [5.41, 5.74) is 1.08. The number of alkyl halides is 3. The zero-order valence-corrected chi connectivity index (χ0v) is 16.1. The Morgan fingerprint density at radius 3 is 2.22 bits per heavy atom. The second-order valence-corrected chi connectivity index (χ2v) is 7.52. The van der Waals surface area contributed by atoms with Crippen LogP contribution in [0.3, 0.4) is 0 Å². The quantitative estimate of drug-likeness (QED) is 0.716. The molecule has 1 aliphatic rings. The van der Waals surface area contributed by atoms with Crippen LogP contribution < -0.4 is 5.32 Å². The molecule has 1 fully saturated rings. The van der Waals surface area contributed by atoms with Crippen molar-refractivity contribution >= 4 is 5.91 Å². The Kier molecular flexibility index (Phi) is 7.68. The van der Waals surface area contributed by atoms with Gasteiger partial charge in [0.05, 0.1) is 6.61 Å². The summed E-state index contributed by atoms with van der Waals surface area (Å²) in [6, 6.07) is 6.49. The third-order valence-corrected chi connectivity index (χ3v) is 5.31. The molecule has 1 aliphatic carbocycles. The van der Waals surface area contributed by atoms with E-state index >= 15 is 0 Å². The predicted octanol–water partition coefficient (Wildman–Crippen LogP) is 4.15. The van der Waals surface area contributed by atoms with Crippen LogP contribution in [-0.4, -0.2) is 49.8 Å². The van der Waals surface area contributed by atoms with Crippen LogP contribution in [0.4, 0.5) is 13.2 Å². The summed E-state index contributed by atoms with van der Waals surface area (Å²) >= 11 is 0. The van der Waals surface area contributed by atoms with E-state index in [0.717, 1.165) is 12.8 Å². The summed E-state index contributed by atoms with van der Waals surface area (Å²) in [5.74, 6) is -0.164. The molecule has 1 amide bonds. The van der Waals surface area contributed by atoms with Gasteiger partial charge in [-0.05, 0) is 44.6 Å². The third kappa shape index (κ3) is 6.81. The van der Waals surface area contributed by atoms with Gasteiger partial charge >= 0.3 is 6.18 Å². The molecule has 2 rings (SSSR count). The van der Waals surface area contributed by atoms with Gasteiger partial charge < -0.3 is 15.0 Å². The smallest absolute Gasteiger partial charge is 0.367 e. The minimum atomic E-state index is -4.33. The zero-order chi connectivity index (χ0) is 19.9. The van der Waals surface area contributed by atoms with E-state index in [1.165, 1.54) is 25.7 Å². The number of carbonyl (C=O) groups excluding carboxylic acids is 1. The number of likely N-dealkylation sites (N-methyl/N-ethyl adjacent to an activating group) is 1. The minimum absolute atomic E-state index is 0.0163. The van der Waals surface area contributed by atoms with Crippen molar-refractivity contribution < 1.29 is 22.7 Å². The van der Waals surface area contributed by atoms with Gasteiger partial charge in [0.1, 0.15) is 6.61 Å². The van der Waals surface area contributed by atoms with E-state index in [9.17, 15) is 18.0 Å². The molecule has 0 bridgehead atoms. The molecule has 0 atom stereocenters. The average molecular weight is 386 g/mol. The maximum atomic E-state index is 12.5. The molecule has 0 radical (unpaired) electrons. The molecule has 27 heavy (non-hydrogen) atoms. The molecule has 7 heteroatoms. The van der Waals surface area contributed by atoms with Gasteiger partial charge in [-0.2, -0.15) is 13.2 Å². The number of amides is 1. The van der Waals surface area contributed by atoms with Gasteiger partial charge in [0.25, 0.3) is 5.91 Å². The minimum Gasteiger partial charge on any atom is -0.367 e. The van der Waals surface area contributed by atoms with Crippen molar-refractivity contribution in [1.29, 1.82) is 0 Å². The zero-order valence-electron chi connectivity index (χ0n) is 16.1. The van der Waals surface area contributed by atoms with E-state index < -0.39 is 12.8 Å². The molecule has 4 nitrogen and oxygen atoms in total. The van der Waals surface area contributed by atoms with E-state index in [2.05, 4.69) is 29.0 Å². The van der Waals surface area contributed by atoms with Crippen molar-refractivity contribution in [1.82, 2.24) is 10.2 Å². The maximum absolute atomic E-state index is 12.5. The van der Waals surface area contributed by atoms with E-state index in [0.29, 0.717) is 17.7 Å². The van der Waals surface area contributed by atoms with Gasteiger partial charge in [-0.1, -0.05) is 37.8 Å². The van der Waals surface area contributed by atoms with Crippen molar-refractivity contribution in [3.05, 3.63) is 35.4 Å². The lowest BCUT2D eigenvalue weighted by Crippen LogP contribution is -2.52. The Morgan fingerprint density at radius 2 is 1.70 bits per heavy atom. The number of hydrogen-bond donors (Lipinski definition) is 1. The maximum Gasteiger partial charge on any atom is 0.411 e. The SMILES string of the molecule is CN(C)C1(CNC(=O)c2ccc(COCC(F)(F)F)cc2)CCCCCC1. The van der Waals surface area contributed by atoms with Crippen LogP contribution in [0.2, 0.25) is 0 Å². The number of benzene rings is 1. The predicted molar refractivity (Wildman–Crippen MR) is 98.6 cm³/mol. The van der Waals surface area contributed by atoms with Gasteiger partial charge in [0.2, 0.25) is 0 Å². The highest BCUT2D eigenvalue weighted by Gasteiger charge is 2.33. The van der Waals surface area contributed by atoms with Crippen molar-refractivity contribution in [2.24, 2.45) is 0 Å². The molecule has 0 spiro atoms. The summed E-state index contributed by atoms with van der Waals surface area (Å²) in [4.78, 5) is 14.7. The Bertz CT molecular complexity index is 592. The molecular formula is C20H29F3N2O2. The standard InChI is InChI=1S/C20H29F3N2O2/c1-25(2)19(11-5-3-4-6-12-19)14-24-18(26)17-9-7-16(8-10-17)13-27-15-20(21,22)23/h7-10H,3-6,11-15H2,1-2H3,(H,24,26). The molecule has 0 unspecified atom stereocenters. The molecule has 1 saturated carbocycles. The fourth-order valence-electron chi connectivity index (χ4n) is 3.55. The molecule has 1 aromatic carbocycles. The van der Waals surface area contributed by atoms with Gasteiger partial charge in [0.15, 0.2) is 0 Å². The average Bonchev–Trinajstić information content (AvgIpc) is 2.86. The number of rotatable bonds is 7. The number of halogens is 3. The summed E-state index contributed by atoms with van der Waals surface area (Å²) in [5, 5.41) is 3.04. The third-order valence-electron chi connectivity index (χ3n) is 5.31. The number of ether oxygens (including phenoxy) is 1. The second kappa shape index (κ2) is 9.55. The van der Waals surface area contributed by atoms with Crippen molar-refractivity contribution in [2.45, 2.75) is 56.8 Å². The fourth-order valence-corrected chi connectivity index (χ4v) is 3.55. The van der Waals surface area contributed by atoms with E-state index in [4.69, 9.17) is 0 Å². The van der Waals surface area contributed by atoms with Crippen LogP contribution in [0.1, 0.15) is 54.4 Å². The van der Waals surface area contributed by atoms with Crippen LogP contribution in [0.15, 0.2) is 24.3 Å². The van der Waals surface area contributed by atoms with Crippen LogP contribution in [-0.2, 0) is 11.3 Å². The Labute approximate surface area is 159 Å². The second-order valence-electron chi connectivity index (χ2n) is 7.52. The van der Waals surface area contributed by atoms with Crippen LogP contribution >= 0.6 is 0 Å². The number of nitrogens with zero attached hydrogens (tertiary/aromatic N) is 1. The van der Waals surface area contributed by atoms with Gasteiger partial charge in [-0.25, -0.2) is 0 Å². The lowest BCUT2D eigenvalue weighted by Gasteiger charge is -2.39. The summed E-state index contributed by atoms with van der Waals surface area (Å²) in [6.07, 6.45) is 2.61. The summed E-state index contributed by atoms with van der Waals surface area (Å²) < 4.78 is 40.9. The van der Waals surface area contributed by atoms with E-state index in [1.54, 1.807) is 24.3 Å². The molecule has 1 N–H and O–H groups in total. The van der Waals surface area contributed by atoms with Crippen molar-refractivity contribution in [3.63, 3.8) is 0 Å². The first-order valence-corrected chi connectivity index (χ1v) is 9.41. The largest absolute Gasteiger partial charge is 0.411 e. The lowest BCUT2D eigenvalue weighted by molar-refractivity contribution is -0.176. The Hall–Kier alpha value is -1.60. The lowest BCUT2D eigenvalue weighted by atomic mass is 9.88. The van der Waals surface area contributed by atoms with Crippen LogP contribution in [0.25, 0.3) is 0 Å². The van der Waals surface area contributed by atoms with Gasteiger partial charge in [-0.3, -0.25) is 4.79 Å².